The Hall–Kier alpha value is -1.62. The largest absolute Gasteiger partial charge is 0.493 e. The fraction of sp³-hybridized carbons (Fsp3) is 0.500. The van der Waals surface area contributed by atoms with Crippen molar-refractivity contribution in [2.45, 2.75) is 38.6 Å². The maximum absolute atomic E-state index is 12.9. The predicted molar refractivity (Wildman–Crippen MR) is 87.5 cm³/mol. The second-order valence-corrected chi connectivity index (χ2v) is 6.09. The molecular formula is C16H22N2O2S. The average molecular weight is 306 g/mol. The predicted octanol–water partition coefficient (Wildman–Crippen LogP) is 2.47. The summed E-state index contributed by atoms with van der Waals surface area (Å²) in [5.74, 6) is 0.820. The lowest BCUT2D eigenvalue weighted by molar-refractivity contribution is -0.135. The van der Waals surface area contributed by atoms with Gasteiger partial charge in [-0.25, -0.2) is 0 Å². The number of amides is 1. The number of carbonyl (C=O) groups excluding carboxylic acids is 1. The van der Waals surface area contributed by atoms with Crippen LogP contribution in [-0.2, 0) is 4.79 Å². The topological polar surface area (TPSA) is 55.6 Å². The summed E-state index contributed by atoms with van der Waals surface area (Å²) in [6.45, 7) is 5.19. The summed E-state index contributed by atoms with van der Waals surface area (Å²) in [6, 6.07) is 7.90. The van der Waals surface area contributed by atoms with Crippen LogP contribution in [0.5, 0.6) is 5.75 Å². The highest BCUT2D eigenvalue weighted by Crippen LogP contribution is 2.34. The molecule has 0 saturated heterocycles. The Kier molecular flexibility index (Phi) is 5.17. The third kappa shape index (κ3) is 3.73. The van der Waals surface area contributed by atoms with Crippen molar-refractivity contribution in [1.29, 1.82) is 0 Å². The van der Waals surface area contributed by atoms with E-state index in [9.17, 15) is 4.79 Å². The van der Waals surface area contributed by atoms with Crippen molar-refractivity contribution < 1.29 is 9.53 Å². The van der Waals surface area contributed by atoms with E-state index >= 15 is 0 Å². The molecule has 0 spiro atoms. The molecule has 5 heteroatoms. The van der Waals surface area contributed by atoms with Crippen molar-refractivity contribution in [3.8, 4) is 5.75 Å². The fourth-order valence-electron chi connectivity index (χ4n) is 2.65. The van der Waals surface area contributed by atoms with E-state index in [1.807, 2.05) is 43.0 Å². The van der Waals surface area contributed by atoms with Crippen LogP contribution < -0.4 is 10.5 Å². The third-order valence-corrected chi connectivity index (χ3v) is 3.97. The maximum Gasteiger partial charge on any atom is 0.230 e. The van der Waals surface area contributed by atoms with Crippen molar-refractivity contribution in [3.05, 3.63) is 29.8 Å². The van der Waals surface area contributed by atoms with Crippen LogP contribution in [0.25, 0.3) is 0 Å². The van der Waals surface area contributed by atoms with Gasteiger partial charge in [-0.05, 0) is 26.3 Å². The number of nitrogens with two attached hydrogens (primary N) is 1. The number of carbonyl (C=O) groups is 1. The Labute approximate surface area is 131 Å². The van der Waals surface area contributed by atoms with Crippen molar-refractivity contribution in [2.75, 3.05) is 13.2 Å². The molecule has 0 fully saturated rings. The number of hydrogen-bond acceptors (Lipinski definition) is 3. The standard InChI is InChI=1S/C16H22N2O2S/c1-11(2)18(9-7-15(17)21)16(19)13-8-10-20-14-6-4-3-5-12(13)14/h3-6,11,13H,7-10H2,1-2H3,(H2,17,21). The van der Waals surface area contributed by atoms with Gasteiger partial charge in [-0.3, -0.25) is 4.79 Å². The number of fused-ring (bicyclic) bond motifs is 1. The molecule has 1 heterocycles. The van der Waals surface area contributed by atoms with Gasteiger partial charge >= 0.3 is 0 Å². The summed E-state index contributed by atoms with van der Waals surface area (Å²) in [5.41, 5.74) is 6.55. The van der Waals surface area contributed by atoms with Gasteiger partial charge in [-0.1, -0.05) is 30.4 Å². The minimum absolute atomic E-state index is 0.127. The zero-order valence-corrected chi connectivity index (χ0v) is 13.4. The van der Waals surface area contributed by atoms with Crippen LogP contribution in [0.1, 0.15) is 38.2 Å². The molecule has 1 aromatic carbocycles. The van der Waals surface area contributed by atoms with Crippen LogP contribution in [0.3, 0.4) is 0 Å². The van der Waals surface area contributed by atoms with Crippen molar-refractivity contribution in [1.82, 2.24) is 4.90 Å². The first kappa shape index (κ1) is 15.8. The SMILES string of the molecule is CC(C)N(CCC(N)=S)C(=O)C1CCOc2ccccc21. The van der Waals surface area contributed by atoms with E-state index in [0.29, 0.717) is 31.0 Å². The highest BCUT2D eigenvalue weighted by molar-refractivity contribution is 7.80. The molecule has 21 heavy (non-hydrogen) atoms. The number of rotatable bonds is 5. The van der Waals surface area contributed by atoms with E-state index in [1.54, 1.807) is 0 Å². The lowest BCUT2D eigenvalue weighted by Crippen LogP contribution is -2.42. The fourth-order valence-corrected chi connectivity index (χ4v) is 2.74. The highest BCUT2D eigenvalue weighted by Gasteiger charge is 2.31. The Balaban J connectivity index is 2.19. The molecule has 1 aliphatic rings. The molecule has 1 amide bonds. The molecule has 1 atom stereocenters. The van der Waals surface area contributed by atoms with Crippen molar-refractivity contribution >= 4 is 23.1 Å². The first-order chi connectivity index (χ1) is 10.0. The summed E-state index contributed by atoms with van der Waals surface area (Å²) < 4.78 is 5.63. The Morgan fingerprint density at radius 1 is 1.48 bits per heavy atom. The Morgan fingerprint density at radius 3 is 2.86 bits per heavy atom. The molecule has 1 aromatic rings. The van der Waals surface area contributed by atoms with Crippen LogP contribution >= 0.6 is 12.2 Å². The van der Waals surface area contributed by atoms with E-state index in [4.69, 9.17) is 22.7 Å². The molecule has 2 rings (SSSR count). The second kappa shape index (κ2) is 6.89. The molecule has 0 radical (unpaired) electrons. The van der Waals surface area contributed by atoms with E-state index < -0.39 is 0 Å². The monoisotopic (exact) mass is 306 g/mol. The quantitative estimate of drug-likeness (QED) is 0.849. The zero-order chi connectivity index (χ0) is 15.4. The second-order valence-electron chi connectivity index (χ2n) is 5.57. The van der Waals surface area contributed by atoms with Crippen LogP contribution in [0.15, 0.2) is 24.3 Å². The molecular weight excluding hydrogens is 284 g/mol. The zero-order valence-electron chi connectivity index (χ0n) is 12.5. The summed E-state index contributed by atoms with van der Waals surface area (Å²) in [4.78, 5) is 15.2. The molecule has 0 bridgehead atoms. The maximum atomic E-state index is 12.9. The van der Waals surface area contributed by atoms with E-state index in [0.717, 1.165) is 11.3 Å². The molecule has 0 aromatic heterocycles. The van der Waals surface area contributed by atoms with E-state index in [2.05, 4.69) is 0 Å². The molecule has 0 aliphatic carbocycles. The third-order valence-electron chi connectivity index (χ3n) is 3.76. The number of para-hydroxylation sites is 1. The number of hydrogen-bond donors (Lipinski definition) is 1. The van der Waals surface area contributed by atoms with Gasteiger partial charge in [0, 0.05) is 24.6 Å². The van der Waals surface area contributed by atoms with E-state index in [-0.39, 0.29) is 17.9 Å². The molecule has 0 saturated carbocycles. The molecule has 1 unspecified atom stereocenters. The van der Waals surface area contributed by atoms with E-state index in [1.165, 1.54) is 0 Å². The molecule has 2 N–H and O–H groups in total. The highest BCUT2D eigenvalue weighted by atomic mass is 32.1. The van der Waals surface area contributed by atoms with Gasteiger partial charge in [0.1, 0.15) is 5.75 Å². The first-order valence-electron chi connectivity index (χ1n) is 7.31. The summed E-state index contributed by atoms with van der Waals surface area (Å²) >= 11 is 4.93. The summed E-state index contributed by atoms with van der Waals surface area (Å²) in [7, 11) is 0. The van der Waals surface area contributed by atoms with Gasteiger partial charge < -0.3 is 15.4 Å². The number of nitrogens with zero attached hydrogens (tertiary/aromatic N) is 1. The average Bonchev–Trinajstić information content (AvgIpc) is 2.46. The van der Waals surface area contributed by atoms with Gasteiger partial charge in [-0.15, -0.1) is 0 Å². The van der Waals surface area contributed by atoms with Crippen molar-refractivity contribution in [3.63, 3.8) is 0 Å². The molecule has 4 nitrogen and oxygen atoms in total. The first-order valence-corrected chi connectivity index (χ1v) is 7.72. The molecule has 1 aliphatic heterocycles. The van der Waals surface area contributed by atoms with Crippen LogP contribution in [-0.4, -0.2) is 35.0 Å². The van der Waals surface area contributed by atoms with Gasteiger partial charge in [0.15, 0.2) is 0 Å². The number of ether oxygens (including phenoxy) is 1. The minimum atomic E-state index is -0.135. The van der Waals surface area contributed by atoms with Crippen LogP contribution in [0.2, 0.25) is 0 Å². The molecule has 114 valence electrons. The lowest BCUT2D eigenvalue weighted by atomic mass is 9.91. The Bertz CT molecular complexity index is 531. The van der Waals surface area contributed by atoms with Crippen LogP contribution in [0.4, 0.5) is 0 Å². The number of thiocarbonyl (C=S) groups is 1. The van der Waals surface area contributed by atoms with Crippen molar-refractivity contribution in [2.24, 2.45) is 5.73 Å². The van der Waals surface area contributed by atoms with Gasteiger partial charge in [0.25, 0.3) is 0 Å². The normalized spacial score (nSPS) is 17.0. The lowest BCUT2D eigenvalue weighted by Gasteiger charge is -2.33. The summed E-state index contributed by atoms with van der Waals surface area (Å²) in [5, 5.41) is 0. The van der Waals surface area contributed by atoms with Gasteiger partial charge in [-0.2, -0.15) is 0 Å². The summed E-state index contributed by atoms with van der Waals surface area (Å²) in [6.07, 6.45) is 1.27. The van der Waals surface area contributed by atoms with Gasteiger partial charge in [0.2, 0.25) is 5.91 Å². The minimum Gasteiger partial charge on any atom is -0.493 e. The number of benzene rings is 1. The van der Waals surface area contributed by atoms with Crippen LogP contribution in [0, 0.1) is 0 Å². The Morgan fingerprint density at radius 2 is 2.19 bits per heavy atom. The van der Waals surface area contributed by atoms with Gasteiger partial charge in [0.05, 0.1) is 17.5 Å². The smallest absolute Gasteiger partial charge is 0.230 e.